The monoisotopic (exact) mass is 432 g/mol. The maximum atomic E-state index is 13.4. The van der Waals surface area contributed by atoms with Gasteiger partial charge in [0.15, 0.2) is 0 Å². The van der Waals surface area contributed by atoms with Crippen LogP contribution in [-0.4, -0.2) is 29.3 Å². The first-order valence-corrected chi connectivity index (χ1v) is 9.84. The van der Waals surface area contributed by atoms with Crippen LogP contribution in [0.4, 0.5) is 10.1 Å². The zero-order valence-corrected chi connectivity index (χ0v) is 17.0. The third-order valence-electron chi connectivity index (χ3n) is 4.96. The molecule has 1 aliphatic heterocycles. The number of rotatable bonds is 3. The number of amides is 2. The number of carbonyl (C=O) groups excluding carboxylic acids is 2. The fourth-order valence-electron chi connectivity index (χ4n) is 3.36. The van der Waals surface area contributed by atoms with Crippen LogP contribution in [0.25, 0.3) is 0 Å². The summed E-state index contributed by atoms with van der Waals surface area (Å²) in [6.07, 6.45) is 3.22. The third-order valence-corrected chi connectivity index (χ3v) is 5.65. The lowest BCUT2D eigenvalue weighted by atomic mass is 10.0. The number of hydrogen-bond donors (Lipinski definition) is 1. The van der Waals surface area contributed by atoms with Gasteiger partial charge < -0.3 is 10.2 Å². The van der Waals surface area contributed by atoms with Crippen molar-refractivity contribution in [2.45, 2.75) is 39.2 Å². The Morgan fingerprint density at radius 1 is 1.19 bits per heavy atom. The van der Waals surface area contributed by atoms with Gasteiger partial charge in [0.2, 0.25) is 0 Å². The Morgan fingerprint density at radius 3 is 2.67 bits per heavy atom. The predicted molar refractivity (Wildman–Crippen MR) is 108 cm³/mol. The molecule has 0 radical (unpaired) electrons. The molecule has 0 saturated carbocycles. The van der Waals surface area contributed by atoms with Gasteiger partial charge in [-0.05, 0) is 91.0 Å². The van der Waals surface area contributed by atoms with E-state index in [-0.39, 0.29) is 17.5 Å². The highest BCUT2D eigenvalue weighted by atomic mass is 79.9. The van der Waals surface area contributed by atoms with E-state index in [1.54, 1.807) is 18.2 Å². The van der Waals surface area contributed by atoms with Crippen LogP contribution in [0.5, 0.6) is 0 Å². The van der Waals surface area contributed by atoms with Crippen LogP contribution < -0.4 is 5.32 Å². The molecule has 3 rings (SSSR count). The lowest BCUT2D eigenvalue weighted by molar-refractivity contribution is 0.0635. The van der Waals surface area contributed by atoms with Gasteiger partial charge in [-0.2, -0.15) is 0 Å². The van der Waals surface area contributed by atoms with Crippen molar-refractivity contribution in [3.8, 4) is 0 Å². The Morgan fingerprint density at radius 2 is 1.96 bits per heavy atom. The first-order chi connectivity index (χ1) is 12.9. The summed E-state index contributed by atoms with van der Waals surface area (Å²) in [4.78, 5) is 27.2. The molecule has 2 aromatic carbocycles. The second-order valence-corrected chi connectivity index (χ2v) is 7.81. The van der Waals surface area contributed by atoms with Crippen LogP contribution in [0, 0.1) is 12.7 Å². The molecule has 0 spiro atoms. The van der Waals surface area contributed by atoms with Crippen LogP contribution in [0.3, 0.4) is 0 Å². The number of halogens is 2. The number of hydrogen-bond acceptors (Lipinski definition) is 2. The SMILES string of the molecule is Cc1cc(C(=O)N2CCCCC2C)ccc1NC(=O)c1cc(F)ccc1Br. The van der Waals surface area contributed by atoms with Gasteiger partial charge in [0, 0.05) is 28.3 Å². The largest absolute Gasteiger partial charge is 0.336 e. The average Bonchev–Trinajstić information content (AvgIpc) is 2.65. The number of carbonyl (C=O) groups is 2. The second-order valence-electron chi connectivity index (χ2n) is 6.95. The van der Waals surface area contributed by atoms with Crippen LogP contribution in [0.2, 0.25) is 0 Å². The number of benzene rings is 2. The van der Waals surface area contributed by atoms with Crippen LogP contribution in [0.1, 0.15) is 52.5 Å². The number of aryl methyl sites for hydroxylation is 1. The zero-order chi connectivity index (χ0) is 19.6. The van der Waals surface area contributed by atoms with E-state index in [0.717, 1.165) is 31.4 Å². The minimum absolute atomic E-state index is 0.0241. The van der Waals surface area contributed by atoms with Crippen molar-refractivity contribution in [1.29, 1.82) is 0 Å². The normalized spacial score (nSPS) is 16.9. The van der Waals surface area contributed by atoms with Gasteiger partial charge in [-0.15, -0.1) is 0 Å². The van der Waals surface area contributed by atoms with E-state index in [4.69, 9.17) is 0 Å². The van der Waals surface area contributed by atoms with Crippen molar-refractivity contribution >= 4 is 33.4 Å². The van der Waals surface area contributed by atoms with E-state index in [0.29, 0.717) is 15.7 Å². The molecule has 6 heteroatoms. The number of likely N-dealkylation sites (tertiary alicyclic amines) is 1. The quantitative estimate of drug-likeness (QED) is 0.727. The maximum Gasteiger partial charge on any atom is 0.256 e. The number of nitrogens with one attached hydrogen (secondary N) is 1. The number of anilines is 1. The van der Waals surface area contributed by atoms with Gasteiger partial charge in [-0.1, -0.05) is 0 Å². The minimum atomic E-state index is -0.475. The Labute approximate surface area is 166 Å². The van der Waals surface area contributed by atoms with Gasteiger partial charge in [-0.25, -0.2) is 4.39 Å². The summed E-state index contributed by atoms with van der Waals surface area (Å²) in [5.74, 6) is -0.860. The van der Waals surface area contributed by atoms with E-state index in [9.17, 15) is 14.0 Å². The molecule has 1 saturated heterocycles. The molecular weight excluding hydrogens is 411 g/mol. The summed E-state index contributed by atoms with van der Waals surface area (Å²) in [7, 11) is 0. The molecular formula is C21H22BrFN2O2. The smallest absolute Gasteiger partial charge is 0.256 e. The van der Waals surface area contributed by atoms with Crippen LogP contribution >= 0.6 is 15.9 Å². The molecule has 1 fully saturated rings. The maximum absolute atomic E-state index is 13.4. The van der Waals surface area contributed by atoms with Crippen molar-refractivity contribution in [2.24, 2.45) is 0 Å². The van der Waals surface area contributed by atoms with E-state index in [1.165, 1.54) is 18.2 Å². The van der Waals surface area contributed by atoms with Crippen molar-refractivity contribution in [3.63, 3.8) is 0 Å². The Bertz CT molecular complexity index is 884. The molecule has 1 aliphatic rings. The number of piperidine rings is 1. The Hall–Kier alpha value is -2.21. The summed E-state index contributed by atoms with van der Waals surface area (Å²) in [6, 6.07) is 9.46. The van der Waals surface area contributed by atoms with Crippen molar-refractivity contribution < 1.29 is 14.0 Å². The zero-order valence-electron chi connectivity index (χ0n) is 15.4. The second kappa shape index (κ2) is 8.21. The van der Waals surface area contributed by atoms with Gasteiger partial charge in [0.1, 0.15) is 5.82 Å². The van der Waals surface area contributed by atoms with E-state index >= 15 is 0 Å². The molecule has 4 nitrogen and oxygen atoms in total. The summed E-state index contributed by atoms with van der Waals surface area (Å²) in [5.41, 5.74) is 2.22. The van der Waals surface area contributed by atoms with E-state index in [2.05, 4.69) is 28.2 Å². The summed E-state index contributed by atoms with van der Waals surface area (Å²) < 4.78 is 14.0. The molecule has 1 N–H and O–H groups in total. The first-order valence-electron chi connectivity index (χ1n) is 9.05. The fourth-order valence-corrected chi connectivity index (χ4v) is 3.79. The van der Waals surface area contributed by atoms with Gasteiger partial charge >= 0.3 is 0 Å². The topological polar surface area (TPSA) is 49.4 Å². The van der Waals surface area contributed by atoms with Gasteiger partial charge in [0.25, 0.3) is 11.8 Å². The molecule has 0 aromatic heterocycles. The molecule has 2 amide bonds. The lowest BCUT2D eigenvalue weighted by Crippen LogP contribution is -2.42. The molecule has 1 atom stereocenters. The third kappa shape index (κ3) is 4.38. The van der Waals surface area contributed by atoms with Gasteiger partial charge in [0.05, 0.1) is 5.56 Å². The molecule has 27 heavy (non-hydrogen) atoms. The molecule has 142 valence electrons. The van der Waals surface area contributed by atoms with Crippen LogP contribution in [0.15, 0.2) is 40.9 Å². The highest BCUT2D eigenvalue weighted by Gasteiger charge is 2.24. The molecule has 0 bridgehead atoms. The molecule has 1 heterocycles. The fraction of sp³-hybridized carbons (Fsp3) is 0.333. The Balaban J connectivity index is 1.77. The van der Waals surface area contributed by atoms with Crippen molar-refractivity contribution in [1.82, 2.24) is 4.90 Å². The Kier molecular flexibility index (Phi) is 5.95. The average molecular weight is 433 g/mol. The predicted octanol–water partition coefficient (Wildman–Crippen LogP) is 5.16. The highest BCUT2D eigenvalue weighted by molar-refractivity contribution is 9.10. The van der Waals surface area contributed by atoms with Crippen LogP contribution in [-0.2, 0) is 0 Å². The minimum Gasteiger partial charge on any atom is -0.336 e. The number of nitrogens with zero attached hydrogens (tertiary/aromatic N) is 1. The molecule has 2 aromatic rings. The summed E-state index contributed by atoms with van der Waals surface area (Å²) >= 11 is 3.27. The lowest BCUT2D eigenvalue weighted by Gasteiger charge is -2.33. The molecule has 0 aliphatic carbocycles. The van der Waals surface area contributed by atoms with Gasteiger partial charge in [-0.3, -0.25) is 9.59 Å². The standard InChI is InChI=1S/C21H22BrFN2O2/c1-13-11-15(21(27)25-10-4-3-5-14(25)2)6-9-19(13)24-20(26)17-12-16(23)7-8-18(17)22/h6-9,11-12,14H,3-5,10H2,1-2H3,(H,24,26). The van der Waals surface area contributed by atoms with Crippen molar-refractivity contribution in [3.05, 3.63) is 63.4 Å². The summed E-state index contributed by atoms with van der Waals surface area (Å²) in [5, 5.41) is 2.79. The molecule has 1 unspecified atom stereocenters. The summed E-state index contributed by atoms with van der Waals surface area (Å²) in [6.45, 7) is 4.70. The van der Waals surface area contributed by atoms with Crippen molar-refractivity contribution in [2.75, 3.05) is 11.9 Å². The highest BCUT2D eigenvalue weighted by Crippen LogP contribution is 2.24. The first kappa shape index (κ1) is 19.5. The van der Waals surface area contributed by atoms with E-state index in [1.807, 2.05) is 11.8 Å². The van der Waals surface area contributed by atoms with E-state index < -0.39 is 11.7 Å².